The molecule has 0 bridgehead atoms. The molecule has 0 amide bonds. The number of carbonyl (C=O) groups is 1. The molecule has 0 radical (unpaired) electrons. The molecule has 2 unspecified atom stereocenters. The third kappa shape index (κ3) is 9.88. The average molecular weight is 698 g/mol. The van der Waals surface area contributed by atoms with Crippen LogP contribution in [0.4, 0.5) is 19.0 Å². The number of nitrogen functional groups attached to an aromatic ring is 1. The first-order valence-corrected chi connectivity index (χ1v) is 16.7. The number of likely N-dealkylation sites (tertiary alicyclic amines) is 1. The molecule has 3 aromatic rings. The number of nitrogens with two attached hydrogens (primary N) is 1. The van der Waals surface area contributed by atoms with Gasteiger partial charge >= 0.3 is 19.9 Å². The van der Waals surface area contributed by atoms with Crippen molar-refractivity contribution in [1.82, 2.24) is 24.6 Å². The number of nitriles is 1. The molecule has 1 aliphatic rings. The molecule has 262 valence electrons. The van der Waals surface area contributed by atoms with E-state index in [4.69, 9.17) is 24.3 Å². The second kappa shape index (κ2) is 16.1. The van der Waals surface area contributed by atoms with E-state index in [9.17, 15) is 32.9 Å². The number of esters is 1. The molecule has 18 heteroatoms. The number of para-hydroxylation sites is 1. The molecule has 1 aliphatic heterocycles. The summed E-state index contributed by atoms with van der Waals surface area (Å²) in [4.78, 5) is 18.3. The van der Waals surface area contributed by atoms with E-state index in [0.29, 0.717) is 24.1 Å². The monoisotopic (exact) mass is 697 g/mol. The summed E-state index contributed by atoms with van der Waals surface area (Å²) >= 11 is 0. The molecule has 1 fully saturated rings. The Morgan fingerprint density at radius 2 is 1.98 bits per heavy atom. The standard InChI is InChI=1S/C30H39F3N7O7P/c1-21(28(42)46-23-9-6-15-39(16-12-23)18-30(31,32)33)38-48(43,47-24-7-4-3-5-8-24)45-19-29(44-2,13-14-34)26(41)17-22-10-11-25-27(35)36-20-37-40(22)25/h3-5,7-8,10-11,20-21,23,26,41H,6,9,12-13,15-19H2,1-2H3,(H,38,43)(H2,35,36,37)/t21-,23?,26-,29+,48?/m0/s1. The highest BCUT2D eigenvalue weighted by Crippen LogP contribution is 2.46. The van der Waals surface area contributed by atoms with E-state index < -0.39 is 56.9 Å². The van der Waals surface area contributed by atoms with Gasteiger partial charge < -0.3 is 24.8 Å². The third-order valence-corrected chi connectivity index (χ3v) is 9.58. The molecule has 0 aliphatic carbocycles. The quantitative estimate of drug-likeness (QED) is 0.154. The summed E-state index contributed by atoms with van der Waals surface area (Å²) < 4.78 is 77.0. The average Bonchev–Trinajstić information content (AvgIpc) is 3.32. The van der Waals surface area contributed by atoms with Crippen LogP contribution in [0.2, 0.25) is 0 Å². The van der Waals surface area contributed by atoms with Gasteiger partial charge in [0.05, 0.1) is 31.7 Å². The van der Waals surface area contributed by atoms with Crippen molar-refractivity contribution in [3.63, 3.8) is 0 Å². The second-order valence-electron chi connectivity index (χ2n) is 11.5. The number of nitrogens with one attached hydrogen (secondary N) is 1. The maximum absolute atomic E-state index is 14.2. The van der Waals surface area contributed by atoms with Crippen molar-refractivity contribution in [3.05, 3.63) is 54.5 Å². The Labute approximate surface area is 275 Å². The Morgan fingerprint density at radius 1 is 1.23 bits per heavy atom. The fourth-order valence-corrected chi connectivity index (χ4v) is 6.87. The topological polar surface area (TPSA) is 187 Å². The minimum absolute atomic E-state index is 0.0781. The summed E-state index contributed by atoms with van der Waals surface area (Å²) in [7, 11) is -3.20. The highest BCUT2D eigenvalue weighted by Gasteiger charge is 2.43. The highest BCUT2D eigenvalue weighted by atomic mass is 31.2. The first-order chi connectivity index (χ1) is 22.8. The molecule has 14 nitrogen and oxygen atoms in total. The second-order valence-corrected chi connectivity index (χ2v) is 13.2. The number of benzene rings is 1. The molecule has 3 heterocycles. The van der Waals surface area contributed by atoms with Crippen LogP contribution < -0.4 is 15.3 Å². The number of aromatic nitrogens is 3. The summed E-state index contributed by atoms with van der Waals surface area (Å²) in [5.74, 6) is -0.464. The number of aliphatic hydroxyl groups is 1. The lowest BCUT2D eigenvalue weighted by Crippen LogP contribution is -2.49. The van der Waals surface area contributed by atoms with Crippen molar-refractivity contribution in [3.8, 4) is 11.8 Å². The molecule has 5 atom stereocenters. The fourth-order valence-electron chi connectivity index (χ4n) is 5.33. The molecular weight excluding hydrogens is 658 g/mol. The van der Waals surface area contributed by atoms with E-state index in [0.717, 1.165) is 0 Å². The molecule has 1 saturated heterocycles. The van der Waals surface area contributed by atoms with Crippen molar-refractivity contribution in [2.24, 2.45) is 0 Å². The van der Waals surface area contributed by atoms with Gasteiger partial charge in [0.25, 0.3) is 0 Å². The number of methoxy groups -OCH3 is 1. The van der Waals surface area contributed by atoms with Gasteiger partial charge in [0.15, 0.2) is 5.82 Å². The summed E-state index contributed by atoms with van der Waals surface area (Å²) in [5, 5.41) is 27.8. The zero-order valence-corrected chi connectivity index (χ0v) is 27.4. The number of rotatable bonds is 15. The normalized spacial score (nSPS) is 19.7. The SMILES string of the molecule is CO[C@](CC#N)(COP(=O)(N[C@@H](C)C(=O)OC1CCCN(CC(F)(F)F)CC1)Oc1ccccc1)[C@@H](O)Cc1ccc2c(N)ncnn12. The van der Waals surface area contributed by atoms with Crippen molar-refractivity contribution in [2.75, 3.05) is 39.1 Å². The van der Waals surface area contributed by atoms with Crippen LogP contribution in [0.25, 0.3) is 5.52 Å². The number of nitrogens with zero attached hydrogens (tertiary/aromatic N) is 5. The molecule has 1 aromatic carbocycles. The molecule has 48 heavy (non-hydrogen) atoms. The summed E-state index contributed by atoms with van der Waals surface area (Å²) in [6.45, 7) is 0.0243. The van der Waals surface area contributed by atoms with Crippen LogP contribution in [0.1, 0.15) is 38.3 Å². The van der Waals surface area contributed by atoms with E-state index in [1.54, 1.807) is 30.3 Å². The van der Waals surface area contributed by atoms with E-state index in [-0.39, 0.29) is 43.9 Å². The van der Waals surface area contributed by atoms with Crippen LogP contribution in [0.5, 0.6) is 5.75 Å². The maximum atomic E-state index is 14.2. The first kappa shape index (κ1) is 37.0. The van der Waals surface area contributed by atoms with Gasteiger partial charge in [-0.25, -0.2) is 14.1 Å². The van der Waals surface area contributed by atoms with Gasteiger partial charge in [0.2, 0.25) is 0 Å². The van der Waals surface area contributed by atoms with Crippen LogP contribution in [0.15, 0.2) is 48.8 Å². The third-order valence-electron chi connectivity index (χ3n) is 7.96. The van der Waals surface area contributed by atoms with Crippen LogP contribution in [-0.4, -0.2) is 94.0 Å². The number of hydrogen-bond acceptors (Lipinski definition) is 12. The lowest BCUT2D eigenvalue weighted by atomic mass is 9.91. The van der Waals surface area contributed by atoms with Gasteiger partial charge in [0, 0.05) is 25.8 Å². The Hall–Kier alpha value is -3.78. The molecule has 2 aromatic heterocycles. The summed E-state index contributed by atoms with van der Waals surface area (Å²) in [6, 6.07) is 12.0. The molecular formula is C30H39F3N7O7P. The number of aliphatic hydroxyl groups excluding tert-OH is 1. The lowest BCUT2D eigenvalue weighted by molar-refractivity contribution is -0.152. The van der Waals surface area contributed by atoms with Gasteiger partial charge in [-0.1, -0.05) is 18.2 Å². The zero-order valence-electron chi connectivity index (χ0n) is 26.5. The summed E-state index contributed by atoms with van der Waals surface area (Å²) in [5.41, 5.74) is 5.22. The molecule has 4 N–H and O–H groups in total. The molecule has 4 rings (SSSR count). The number of hydrogen-bond donors (Lipinski definition) is 3. The summed E-state index contributed by atoms with van der Waals surface area (Å²) in [6.07, 6.45) is -4.63. The van der Waals surface area contributed by atoms with E-state index >= 15 is 0 Å². The predicted molar refractivity (Wildman–Crippen MR) is 167 cm³/mol. The number of ether oxygens (including phenoxy) is 2. The minimum Gasteiger partial charge on any atom is -0.461 e. The number of fused-ring (bicyclic) bond motifs is 1. The van der Waals surface area contributed by atoms with Crippen molar-refractivity contribution < 1.29 is 46.2 Å². The minimum atomic E-state index is -4.46. The van der Waals surface area contributed by atoms with Gasteiger partial charge in [0.1, 0.15) is 35.3 Å². The fraction of sp³-hybridized carbons (Fsp3) is 0.533. The number of halogens is 3. The van der Waals surface area contributed by atoms with Crippen LogP contribution in [0, 0.1) is 11.3 Å². The Balaban J connectivity index is 1.48. The van der Waals surface area contributed by atoms with Crippen molar-refractivity contribution >= 4 is 25.1 Å². The van der Waals surface area contributed by atoms with E-state index in [1.807, 2.05) is 6.07 Å². The Kier molecular flexibility index (Phi) is 12.4. The van der Waals surface area contributed by atoms with E-state index in [2.05, 4.69) is 15.2 Å². The van der Waals surface area contributed by atoms with Gasteiger partial charge in [-0.2, -0.15) is 28.6 Å². The van der Waals surface area contributed by atoms with E-state index in [1.165, 1.54) is 41.9 Å². The highest BCUT2D eigenvalue weighted by molar-refractivity contribution is 7.52. The largest absolute Gasteiger partial charge is 0.461 e. The molecule has 0 saturated carbocycles. The van der Waals surface area contributed by atoms with Crippen LogP contribution >= 0.6 is 7.75 Å². The first-order valence-electron chi connectivity index (χ1n) is 15.2. The number of carbonyl (C=O) groups excluding carboxylic acids is 1. The number of alkyl halides is 3. The smallest absolute Gasteiger partial charge is 0.459 e. The Bertz CT molecular complexity index is 1610. The maximum Gasteiger partial charge on any atom is 0.459 e. The number of anilines is 1. The van der Waals surface area contributed by atoms with Crippen LogP contribution in [-0.2, 0) is 29.8 Å². The zero-order chi connectivity index (χ0) is 35.0. The van der Waals surface area contributed by atoms with Crippen LogP contribution in [0.3, 0.4) is 0 Å². The van der Waals surface area contributed by atoms with Gasteiger partial charge in [-0.05, 0) is 57.0 Å². The van der Waals surface area contributed by atoms with Crippen molar-refractivity contribution in [2.45, 2.75) is 69.1 Å². The van der Waals surface area contributed by atoms with Gasteiger partial charge in [-0.3, -0.25) is 14.2 Å². The Morgan fingerprint density at radius 3 is 2.67 bits per heavy atom. The van der Waals surface area contributed by atoms with Crippen molar-refractivity contribution in [1.29, 1.82) is 5.26 Å². The lowest BCUT2D eigenvalue weighted by Gasteiger charge is -2.35. The van der Waals surface area contributed by atoms with Gasteiger partial charge in [-0.15, -0.1) is 0 Å². The predicted octanol–water partition coefficient (Wildman–Crippen LogP) is 3.66. The molecule has 0 spiro atoms.